The van der Waals surface area contributed by atoms with E-state index in [0.29, 0.717) is 49.3 Å². The molecule has 3 aromatic carbocycles. The number of hydrogen-bond acceptors (Lipinski definition) is 6. The van der Waals surface area contributed by atoms with Crippen LogP contribution in [0.3, 0.4) is 0 Å². The van der Waals surface area contributed by atoms with E-state index < -0.39 is 24.1 Å². The van der Waals surface area contributed by atoms with Crippen LogP contribution in [0.4, 0.5) is 9.59 Å². The van der Waals surface area contributed by atoms with Crippen LogP contribution in [0.15, 0.2) is 78.9 Å². The molecule has 1 N–H and O–H groups in total. The molecule has 4 amide bonds. The number of benzene rings is 3. The number of para-hydroxylation sites is 1. The molecule has 2 unspecified atom stereocenters. The first-order chi connectivity index (χ1) is 20.9. The molecule has 0 spiro atoms. The van der Waals surface area contributed by atoms with E-state index in [0.717, 1.165) is 42.0 Å². The van der Waals surface area contributed by atoms with Gasteiger partial charge in [0, 0.05) is 31.2 Å². The number of nitrogens with zero attached hydrogens (tertiary/aromatic N) is 3. The fraction of sp³-hybridized carbons (Fsp3) is 0.364. The van der Waals surface area contributed by atoms with Crippen LogP contribution in [-0.2, 0) is 22.5 Å². The van der Waals surface area contributed by atoms with Crippen molar-refractivity contribution in [1.29, 1.82) is 0 Å². The quantitative estimate of drug-likeness (QED) is 0.334. The molecule has 3 saturated heterocycles. The van der Waals surface area contributed by atoms with Crippen LogP contribution >= 0.6 is 11.6 Å². The molecule has 0 aromatic heterocycles. The number of hydroxylamine groups is 2. The molecule has 0 saturated carbocycles. The van der Waals surface area contributed by atoms with Gasteiger partial charge in [-0.2, -0.15) is 0 Å². The molecule has 9 nitrogen and oxygen atoms in total. The highest BCUT2D eigenvalue weighted by atomic mass is 35.5. The number of fused-ring (bicyclic) bond motifs is 1. The predicted octanol–water partition coefficient (Wildman–Crippen LogP) is 5.68. The Bertz CT molecular complexity index is 1450. The number of imide groups is 1. The van der Waals surface area contributed by atoms with Crippen molar-refractivity contribution in [2.24, 2.45) is 5.92 Å². The highest BCUT2D eigenvalue weighted by Gasteiger charge is 2.52. The first-order valence-electron chi connectivity index (χ1n) is 14.8. The zero-order chi connectivity index (χ0) is 29.8. The number of nitrogens with one attached hydrogen (secondary N) is 1. The number of rotatable bonds is 8. The molecule has 3 fully saturated rings. The Morgan fingerprint density at radius 3 is 2.40 bits per heavy atom. The van der Waals surface area contributed by atoms with Crippen LogP contribution in [0.1, 0.15) is 30.4 Å². The van der Waals surface area contributed by atoms with E-state index in [1.54, 1.807) is 9.80 Å². The number of piperazine rings is 1. The fourth-order valence-corrected chi connectivity index (χ4v) is 6.24. The first-order valence-corrected chi connectivity index (χ1v) is 15.2. The Balaban J connectivity index is 1.03. The van der Waals surface area contributed by atoms with E-state index in [9.17, 15) is 14.4 Å². The van der Waals surface area contributed by atoms with E-state index >= 15 is 0 Å². The maximum Gasteiger partial charge on any atom is 0.434 e. The van der Waals surface area contributed by atoms with Gasteiger partial charge >= 0.3 is 12.1 Å². The highest BCUT2D eigenvalue weighted by molar-refractivity contribution is 6.30. The summed E-state index contributed by atoms with van der Waals surface area (Å²) in [5, 5.41) is 4.66. The number of aryl methyl sites for hydroxylation is 1. The van der Waals surface area contributed by atoms with E-state index in [2.05, 4.69) is 5.32 Å². The maximum atomic E-state index is 13.4. The van der Waals surface area contributed by atoms with Crippen molar-refractivity contribution in [3.05, 3.63) is 95.0 Å². The summed E-state index contributed by atoms with van der Waals surface area (Å²) < 4.78 is 5.97. The van der Waals surface area contributed by atoms with Gasteiger partial charge in [-0.15, -0.1) is 0 Å². The molecular formula is C33H35ClN4O5. The zero-order valence-electron chi connectivity index (χ0n) is 23.9. The third-order valence-electron chi connectivity index (χ3n) is 8.47. The van der Waals surface area contributed by atoms with Gasteiger partial charge in [0.2, 0.25) is 0 Å². The molecule has 2 atom stereocenters. The van der Waals surface area contributed by atoms with Crippen molar-refractivity contribution < 1.29 is 24.0 Å². The molecule has 224 valence electrons. The molecular weight excluding hydrogens is 568 g/mol. The smallest absolute Gasteiger partial charge is 0.434 e. The average molecular weight is 603 g/mol. The van der Waals surface area contributed by atoms with Crippen LogP contribution in [-0.4, -0.2) is 71.2 Å². The summed E-state index contributed by atoms with van der Waals surface area (Å²) >= 11 is 5.98. The molecule has 0 bridgehead atoms. The van der Waals surface area contributed by atoms with Gasteiger partial charge in [0.05, 0.1) is 6.04 Å². The second-order valence-electron chi connectivity index (χ2n) is 11.4. The van der Waals surface area contributed by atoms with Crippen LogP contribution in [0, 0.1) is 5.92 Å². The number of amides is 4. The number of piperidine rings is 1. The molecule has 3 aromatic rings. The Labute approximate surface area is 256 Å². The Hall–Kier alpha value is -4.08. The molecule has 0 radical (unpaired) electrons. The summed E-state index contributed by atoms with van der Waals surface area (Å²) in [6, 6.07) is 23.5. The van der Waals surface area contributed by atoms with Crippen LogP contribution in [0.25, 0.3) is 0 Å². The normalized spacial score (nSPS) is 20.7. The summed E-state index contributed by atoms with van der Waals surface area (Å²) in [4.78, 5) is 48.3. The number of urea groups is 1. The molecule has 10 heteroatoms. The van der Waals surface area contributed by atoms with Crippen molar-refractivity contribution in [2.75, 3.05) is 26.2 Å². The number of carbonyl (C=O) groups excluding carboxylic acids is 3. The lowest BCUT2D eigenvalue weighted by Crippen LogP contribution is -2.57. The minimum Gasteiger partial charge on any atom is -0.457 e. The second-order valence-corrected chi connectivity index (χ2v) is 11.8. The van der Waals surface area contributed by atoms with E-state index in [4.69, 9.17) is 21.2 Å². The largest absolute Gasteiger partial charge is 0.457 e. The van der Waals surface area contributed by atoms with Gasteiger partial charge in [0.1, 0.15) is 17.5 Å². The van der Waals surface area contributed by atoms with Crippen molar-refractivity contribution >= 4 is 29.6 Å². The third kappa shape index (κ3) is 6.78. The second kappa shape index (κ2) is 13.1. The molecule has 3 aliphatic rings. The molecule has 3 heterocycles. The molecule has 3 aliphatic heterocycles. The number of carbonyl (C=O) groups is 3. The monoisotopic (exact) mass is 602 g/mol. The van der Waals surface area contributed by atoms with E-state index in [-0.39, 0.29) is 6.04 Å². The fourth-order valence-electron chi connectivity index (χ4n) is 6.12. The predicted molar refractivity (Wildman–Crippen MR) is 162 cm³/mol. The number of halogens is 1. The summed E-state index contributed by atoms with van der Waals surface area (Å²) in [5.41, 5.74) is 2.21. The van der Waals surface area contributed by atoms with Gasteiger partial charge < -0.3 is 24.7 Å². The molecule has 43 heavy (non-hydrogen) atoms. The van der Waals surface area contributed by atoms with Gasteiger partial charge in [-0.25, -0.2) is 9.59 Å². The van der Waals surface area contributed by atoms with Crippen molar-refractivity contribution in [2.45, 2.75) is 44.2 Å². The zero-order valence-corrected chi connectivity index (χ0v) is 24.6. The van der Waals surface area contributed by atoms with Crippen LogP contribution < -0.4 is 10.1 Å². The third-order valence-corrected chi connectivity index (χ3v) is 8.72. The topological polar surface area (TPSA) is 91.4 Å². The molecule has 6 rings (SSSR count). The van der Waals surface area contributed by atoms with Gasteiger partial charge in [-0.3, -0.25) is 4.79 Å². The van der Waals surface area contributed by atoms with Crippen LogP contribution in [0.5, 0.6) is 11.5 Å². The van der Waals surface area contributed by atoms with E-state index in [1.165, 1.54) is 5.56 Å². The SMILES string of the molecule is O=C(ON1C(=O)C2CNCC(Cc3cccc(Oc4ccccc4)c3)N2C1=O)N1CCC(CCc2ccc(Cl)cc2)CC1. The Kier molecular flexibility index (Phi) is 8.81. The van der Waals surface area contributed by atoms with Gasteiger partial charge in [0.15, 0.2) is 0 Å². The maximum absolute atomic E-state index is 13.4. The minimum absolute atomic E-state index is 0.290. The summed E-state index contributed by atoms with van der Waals surface area (Å²) in [6.07, 6.45) is 3.53. The van der Waals surface area contributed by atoms with Crippen molar-refractivity contribution in [1.82, 2.24) is 20.2 Å². The summed E-state index contributed by atoms with van der Waals surface area (Å²) in [5.74, 6) is 1.40. The van der Waals surface area contributed by atoms with Crippen LogP contribution in [0.2, 0.25) is 5.02 Å². The summed E-state index contributed by atoms with van der Waals surface area (Å²) in [6.45, 7) is 1.88. The van der Waals surface area contributed by atoms with Crippen molar-refractivity contribution in [3.63, 3.8) is 0 Å². The van der Waals surface area contributed by atoms with E-state index in [1.807, 2.05) is 78.9 Å². The first kappa shape index (κ1) is 29.0. The highest BCUT2D eigenvalue weighted by Crippen LogP contribution is 2.29. The summed E-state index contributed by atoms with van der Waals surface area (Å²) in [7, 11) is 0. The van der Waals surface area contributed by atoms with Gasteiger partial charge in [-0.1, -0.05) is 59.1 Å². The lowest BCUT2D eigenvalue weighted by atomic mass is 9.91. The number of hydrogen-bond donors (Lipinski definition) is 1. The lowest BCUT2D eigenvalue weighted by molar-refractivity contribution is -0.152. The average Bonchev–Trinajstić information content (AvgIpc) is 3.27. The lowest BCUT2D eigenvalue weighted by Gasteiger charge is -2.36. The number of likely N-dealkylation sites (tertiary alicyclic amines) is 1. The van der Waals surface area contributed by atoms with Crippen molar-refractivity contribution in [3.8, 4) is 11.5 Å². The number of ether oxygens (including phenoxy) is 1. The Morgan fingerprint density at radius 2 is 1.63 bits per heavy atom. The Morgan fingerprint density at radius 1 is 0.884 bits per heavy atom. The minimum atomic E-state index is -0.721. The molecule has 0 aliphatic carbocycles. The van der Waals surface area contributed by atoms with Gasteiger partial charge in [-0.05, 0) is 85.5 Å². The standard InChI is InChI=1S/C33H35ClN4O5/c34-26-13-11-23(12-14-26)9-10-24-15-17-36(18-16-24)33(41)43-38-31(39)30-22-35-21-27(37(30)32(38)40)19-25-5-4-8-29(20-25)42-28-6-2-1-3-7-28/h1-8,11-14,20,24,27,30,35H,9-10,15-19,21-22H2. The van der Waals surface area contributed by atoms with Gasteiger partial charge in [0.25, 0.3) is 5.91 Å².